The molecule has 0 N–H and O–H groups in total. The maximum absolute atomic E-state index is 2.85. The van der Waals surface area contributed by atoms with Crippen molar-refractivity contribution in [3.63, 3.8) is 0 Å². The molecule has 0 saturated heterocycles. The maximum Gasteiger partial charge on any atom is 0.0588 e. The topological polar surface area (TPSA) is 3.24 Å². The second kappa shape index (κ2) is 6.60. The van der Waals surface area contributed by atoms with Crippen LogP contribution >= 0.6 is 0 Å². The number of nitrogens with zero attached hydrogens (tertiary/aromatic N) is 1. The summed E-state index contributed by atoms with van der Waals surface area (Å²) >= 11 is 0. The molecule has 0 fully saturated rings. The average molecular weight is 426 g/mol. The molecule has 2 aliphatic carbocycles. The molecule has 4 aromatic rings. The van der Waals surface area contributed by atoms with Crippen LogP contribution in [-0.4, -0.2) is 6.54 Å². The minimum absolute atomic E-state index is 0.421. The van der Waals surface area contributed by atoms with Gasteiger partial charge in [0, 0.05) is 24.1 Å². The Hall–Kier alpha value is -3.32. The van der Waals surface area contributed by atoms with E-state index in [1.54, 1.807) is 16.8 Å². The van der Waals surface area contributed by atoms with E-state index in [-0.39, 0.29) is 0 Å². The van der Waals surface area contributed by atoms with Crippen LogP contribution in [0.4, 0.5) is 5.69 Å². The molecule has 4 aliphatic rings. The molecule has 0 aromatic heterocycles. The van der Waals surface area contributed by atoms with Crippen molar-refractivity contribution in [3.8, 4) is 0 Å². The number of rotatable bonds is 1. The molecule has 4 aromatic carbocycles. The van der Waals surface area contributed by atoms with E-state index in [9.17, 15) is 0 Å². The molecule has 0 amide bonds. The Balaban J connectivity index is 1.46. The number of allylic oxidation sites excluding steroid dienone is 4. The smallest absolute Gasteiger partial charge is 0.0588 e. The van der Waals surface area contributed by atoms with E-state index >= 15 is 0 Å². The third-order valence-corrected chi connectivity index (χ3v) is 8.89. The molecule has 0 saturated carbocycles. The SMILES string of the molecule is C1=C[C@@H]2c3cc4ccccc4c4c3N(C[C@H]2C1)[C@@H](c1cccc2ccccc12)[C@H]1CC=C[C@H]41. The Morgan fingerprint density at radius 1 is 0.667 bits per heavy atom. The minimum atomic E-state index is 0.421. The Bertz CT molecular complexity index is 1490. The third kappa shape index (κ3) is 2.38. The Morgan fingerprint density at radius 2 is 1.42 bits per heavy atom. The second-order valence-corrected chi connectivity index (χ2v) is 10.4. The number of anilines is 1. The highest BCUT2D eigenvalue weighted by Gasteiger charge is 2.48. The van der Waals surface area contributed by atoms with Crippen molar-refractivity contribution in [2.75, 3.05) is 11.4 Å². The lowest BCUT2D eigenvalue weighted by Crippen LogP contribution is -2.46. The van der Waals surface area contributed by atoms with Crippen molar-refractivity contribution in [3.05, 3.63) is 114 Å². The molecule has 160 valence electrons. The first kappa shape index (κ1) is 18.1. The zero-order valence-electron chi connectivity index (χ0n) is 18.7. The van der Waals surface area contributed by atoms with Gasteiger partial charge in [0.1, 0.15) is 0 Å². The summed E-state index contributed by atoms with van der Waals surface area (Å²) in [6.07, 6.45) is 12.3. The summed E-state index contributed by atoms with van der Waals surface area (Å²) in [4.78, 5) is 2.85. The quantitative estimate of drug-likeness (QED) is 0.280. The van der Waals surface area contributed by atoms with Crippen LogP contribution < -0.4 is 4.90 Å². The Morgan fingerprint density at radius 3 is 2.36 bits per heavy atom. The summed E-state index contributed by atoms with van der Waals surface area (Å²) in [7, 11) is 0. The number of hydrogen-bond donors (Lipinski definition) is 0. The Labute approximate surface area is 195 Å². The first-order valence-corrected chi connectivity index (χ1v) is 12.5. The monoisotopic (exact) mass is 425 g/mol. The fourth-order valence-corrected chi connectivity index (χ4v) is 7.59. The van der Waals surface area contributed by atoms with Gasteiger partial charge in [-0.05, 0) is 69.0 Å². The predicted molar refractivity (Wildman–Crippen MR) is 138 cm³/mol. The Kier molecular flexibility index (Phi) is 3.63. The van der Waals surface area contributed by atoms with Gasteiger partial charge in [-0.15, -0.1) is 0 Å². The van der Waals surface area contributed by atoms with Crippen LogP contribution in [0.1, 0.15) is 47.4 Å². The molecule has 5 atom stereocenters. The summed E-state index contributed by atoms with van der Waals surface area (Å²) in [5, 5.41) is 5.65. The highest BCUT2D eigenvalue weighted by Crippen LogP contribution is 2.60. The van der Waals surface area contributed by atoms with Crippen LogP contribution in [0.3, 0.4) is 0 Å². The normalized spacial score (nSPS) is 28.8. The van der Waals surface area contributed by atoms with Crippen molar-refractivity contribution < 1.29 is 0 Å². The van der Waals surface area contributed by atoms with Crippen LogP contribution in [0.2, 0.25) is 0 Å². The van der Waals surface area contributed by atoms with Crippen molar-refractivity contribution in [1.29, 1.82) is 0 Å². The largest absolute Gasteiger partial charge is 0.363 e. The van der Waals surface area contributed by atoms with E-state index in [1.165, 1.54) is 39.9 Å². The molecule has 33 heavy (non-hydrogen) atoms. The van der Waals surface area contributed by atoms with Crippen molar-refractivity contribution in [2.45, 2.75) is 30.7 Å². The molecule has 0 bridgehead atoms. The highest BCUT2D eigenvalue weighted by molar-refractivity contribution is 5.95. The van der Waals surface area contributed by atoms with Crippen LogP contribution in [-0.2, 0) is 0 Å². The molecule has 2 aliphatic heterocycles. The summed E-state index contributed by atoms with van der Waals surface area (Å²) in [5.41, 5.74) is 6.22. The molecule has 0 spiro atoms. The zero-order chi connectivity index (χ0) is 21.5. The standard InChI is InChI=1S/C32H27N/c1-3-12-23-20(8-1)10-5-16-27(23)31-28-17-7-15-26(28)30-25-13-4-2-9-21(25)18-29-24-14-6-11-22(24)19-33(31)32(29)30/h1-10,12-16,18,22,24,26,28,31H,11,17,19H2/t22-,24+,26+,28+,31+/m1/s1. The first-order chi connectivity index (χ1) is 16.4. The van der Waals surface area contributed by atoms with E-state index in [4.69, 9.17) is 0 Å². The molecule has 0 radical (unpaired) electrons. The number of benzene rings is 4. The minimum Gasteiger partial charge on any atom is -0.363 e. The summed E-state index contributed by atoms with van der Waals surface area (Å²) in [6.45, 7) is 1.16. The molecule has 1 heteroatoms. The van der Waals surface area contributed by atoms with Gasteiger partial charge in [0.25, 0.3) is 0 Å². The number of hydrogen-bond acceptors (Lipinski definition) is 1. The average Bonchev–Trinajstić information content (AvgIpc) is 3.53. The van der Waals surface area contributed by atoms with Crippen LogP contribution in [0, 0.1) is 11.8 Å². The lowest BCUT2D eigenvalue weighted by Gasteiger charge is -2.52. The van der Waals surface area contributed by atoms with Gasteiger partial charge in [-0.3, -0.25) is 0 Å². The van der Waals surface area contributed by atoms with Gasteiger partial charge >= 0.3 is 0 Å². The van der Waals surface area contributed by atoms with Gasteiger partial charge in [0.2, 0.25) is 0 Å². The van der Waals surface area contributed by atoms with Crippen molar-refractivity contribution in [2.24, 2.45) is 11.8 Å². The summed E-state index contributed by atoms with van der Waals surface area (Å²) < 4.78 is 0. The molecule has 1 nitrogen and oxygen atoms in total. The van der Waals surface area contributed by atoms with Crippen molar-refractivity contribution in [1.82, 2.24) is 0 Å². The lowest BCUT2D eigenvalue weighted by atomic mass is 9.69. The van der Waals surface area contributed by atoms with Gasteiger partial charge in [-0.2, -0.15) is 0 Å². The van der Waals surface area contributed by atoms with E-state index in [2.05, 4.69) is 102 Å². The second-order valence-electron chi connectivity index (χ2n) is 10.4. The van der Waals surface area contributed by atoms with E-state index in [1.807, 2.05) is 0 Å². The van der Waals surface area contributed by atoms with Crippen LogP contribution in [0.25, 0.3) is 21.5 Å². The zero-order valence-corrected chi connectivity index (χ0v) is 18.7. The van der Waals surface area contributed by atoms with Gasteiger partial charge in [0.05, 0.1) is 6.04 Å². The van der Waals surface area contributed by atoms with Gasteiger partial charge < -0.3 is 4.90 Å². The lowest BCUT2D eigenvalue weighted by molar-refractivity contribution is 0.338. The molecular formula is C32H27N. The van der Waals surface area contributed by atoms with Crippen LogP contribution in [0.15, 0.2) is 97.1 Å². The van der Waals surface area contributed by atoms with E-state index in [0.717, 1.165) is 6.54 Å². The summed E-state index contributed by atoms with van der Waals surface area (Å²) in [5.74, 6) is 2.34. The van der Waals surface area contributed by atoms with Crippen LogP contribution in [0.5, 0.6) is 0 Å². The third-order valence-electron chi connectivity index (χ3n) is 8.89. The van der Waals surface area contributed by atoms with E-state index < -0.39 is 0 Å². The highest BCUT2D eigenvalue weighted by atomic mass is 15.2. The first-order valence-electron chi connectivity index (χ1n) is 12.5. The fraction of sp³-hybridized carbons (Fsp3) is 0.250. The predicted octanol–water partition coefficient (Wildman–Crippen LogP) is 7.89. The molecule has 8 rings (SSSR count). The number of fused-ring (bicyclic) bond motifs is 7. The van der Waals surface area contributed by atoms with Gasteiger partial charge in [-0.1, -0.05) is 91.0 Å². The molecule has 0 unspecified atom stereocenters. The summed E-state index contributed by atoms with van der Waals surface area (Å²) in [6, 6.07) is 28.0. The fourth-order valence-electron chi connectivity index (χ4n) is 7.59. The maximum atomic E-state index is 2.85. The van der Waals surface area contributed by atoms with E-state index in [0.29, 0.717) is 29.7 Å². The van der Waals surface area contributed by atoms with Gasteiger partial charge in [0.15, 0.2) is 0 Å². The van der Waals surface area contributed by atoms with Crippen molar-refractivity contribution >= 4 is 27.2 Å². The molecule has 2 heterocycles. The molecular weight excluding hydrogens is 398 g/mol. The van der Waals surface area contributed by atoms with Gasteiger partial charge in [-0.25, -0.2) is 0 Å².